The summed E-state index contributed by atoms with van der Waals surface area (Å²) < 4.78 is 29.4. The maximum atomic E-state index is 13.7. The van der Waals surface area contributed by atoms with Gasteiger partial charge in [0.1, 0.15) is 18.2 Å². The molecule has 164 valence electrons. The van der Waals surface area contributed by atoms with Crippen LogP contribution in [-0.2, 0) is 14.3 Å². The number of halogens is 2. The largest absolute Gasteiger partial charge is 0.497 e. The molecule has 1 unspecified atom stereocenters. The van der Waals surface area contributed by atoms with E-state index in [0.717, 1.165) is 5.56 Å². The van der Waals surface area contributed by atoms with Gasteiger partial charge in [0, 0.05) is 18.5 Å². The highest BCUT2D eigenvalue weighted by molar-refractivity contribution is 7.80. The van der Waals surface area contributed by atoms with Crippen molar-refractivity contribution in [3.63, 3.8) is 0 Å². The Balaban J connectivity index is 2.09. The fourth-order valence-corrected chi connectivity index (χ4v) is 3.84. The van der Waals surface area contributed by atoms with Crippen LogP contribution < -0.4 is 15.0 Å². The van der Waals surface area contributed by atoms with Crippen LogP contribution in [-0.4, -0.2) is 38.5 Å². The van der Waals surface area contributed by atoms with E-state index in [9.17, 15) is 9.18 Å². The highest BCUT2D eigenvalue weighted by Crippen LogP contribution is 2.36. The highest BCUT2D eigenvalue weighted by Gasteiger charge is 2.35. The number of thiocarbonyl (C=S) groups is 1. The monoisotopic (exact) mass is 464 g/mol. The predicted octanol–water partition coefficient (Wildman–Crippen LogP) is 4.39. The summed E-state index contributed by atoms with van der Waals surface area (Å²) in [4.78, 5) is 14.7. The van der Waals surface area contributed by atoms with Crippen LogP contribution in [0.3, 0.4) is 0 Å². The van der Waals surface area contributed by atoms with Gasteiger partial charge < -0.3 is 19.5 Å². The summed E-state index contributed by atoms with van der Waals surface area (Å²) in [6, 6.07) is 11.0. The molecule has 0 bridgehead atoms. The fourth-order valence-electron chi connectivity index (χ4n) is 3.31. The molecule has 6 nitrogen and oxygen atoms in total. The van der Waals surface area contributed by atoms with Crippen molar-refractivity contribution < 1.29 is 23.4 Å². The molecule has 31 heavy (non-hydrogen) atoms. The van der Waals surface area contributed by atoms with Crippen molar-refractivity contribution in [2.75, 3.05) is 32.3 Å². The summed E-state index contributed by atoms with van der Waals surface area (Å²) in [7, 11) is 3.09. The molecule has 1 aliphatic rings. The minimum atomic E-state index is -0.565. The summed E-state index contributed by atoms with van der Waals surface area (Å²) >= 11 is 11.6. The van der Waals surface area contributed by atoms with Crippen LogP contribution in [0.5, 0.6) is 5.75 Å². The van der Waals surface area contributed by atoms with E-state index >= 15 is 0 Å². The molecule has 9 heteroatoms. The van der Waals surface area contributed by atoms with E-state index in [4.69, 9.17) is 38.0 Å². The Bertz CT molecular complexity index is 1030. The van der Waals surface area contributed by atoms with Gasteiger partial charge in [0.25, 0.3) is 0 Å². The second-order valence-corrected chi connectivity index (χ2v) is 7.51. The number of allylic oxidation sites excluding steroid dienone is 1. The first kappa shape index (κ1) is 23.0. The molecule has 0 saturated carbocycles. The lowest BCUT2D eigenvalue weighted by Gasteiger charge is -2.37. The number of carbonyl (C=O) groups excluding carboxylic acids is 1. The van der Waals surface area contributed by atoms with Gasteiger partial charge in [0.15, 0.2) is 5.11 Å². The van der Waals surface area contributed by atoms with E-state index in [1.165, 1.54) is 19.2 Å². The summed E-state index contributed by atoms with van der Waals surface area (Å²) in [6.07, 6.45) is 0. The van der Waals surface area contributed by atoms with E-state index in [1.54, 1.807) is 25.0 Å². The molecule has 2 aromatic carbocycles. The molecule has 0 aliphatic carbocycles. The van der Waals surface area contributed by atoms with Crippen molar-refractivity contribution in [1.82, 2.24) is 5.32 Å². The van der Waals surface area contributed by atoms with Gasteiger partial charge in [-0.3, -0.25) is 4.90 Å². The van der Waals surface area contributed by atoms with Gasteiger partial charge in [-0.25, -0.2) is 9.18 Å². The molecule has 1 N–H and O–H groups in total. The van der Waals surface area contributed by atoms with Crippen molar-refractivity contribution in [3.05, 3.63) is 70.1 Å². The van der Waals surface area contributed by atoms with E-state index < -0.39 is 17.8 Å². The molecule has 1 atom stereocenters. The smallest absolute Gasteiger partial charge is 0.338 e. The van der Waals surface area contributed by atoms with Crippen LogP contribution in [0.15, 0.2) is 53.7 Å². The minimum Gasteiger partial charge on any atom is -0.497 e. The molecule has 1 aliphatic heterocycles. The van der Waals surface area contributed by atoms with Gasteiger partial charge in [-0.1, -0.05) is 23.7 Å². The summed E-state index contributed by atoms with van der Waals surface area (Å²) in [5.74, 6) is -0.422. The van der Waals surface area contributed by atoms with Gasteiger partial charge >= 0.3 is 5.97 Å². The zero-order valence-electron chi connectivity index (χ0n) is 17.3. The van der Waals surface area contributed by atoms with Crippen LogP contribution in [0, 0.1) is 5.82 Å². The zero-order chi connectivity index (χ0) is 22.5. The quantitative estimate of drug-likeness (QED) is 0.370. The average Bonchev–Trinajstić information content (AvgIpc) is 2.76. The average molecular weight is 465 g/mol. The molecule has 3 rings (SSSR count). The highest BCUT2D eigenvalue weighted by atomic mass is 35.5. The van der Waals surface area contributed by atoms with E-state index in [-0.39, 0.29) is 18.2 Å². The first-order chi connectivity index (χ1) is 14.9. The Morgan fingerprint density at radius 1 is 1.23 bits per heavy atom. The molecule has 0 spiro atoms. The molecule has 0 aromatic heterocycles. The van der Waals surface area contributed by atoms with Crippen LogP contribution in [0.1, 0.15) is 18.5 Å². The Morgan fingerprint density at radius 3 is 2.68 bits per heavy atom. The number of rotatable bonds is 7. The van der Waals surface area contributed by atoms with Crippen LogP contribution in [0.4, 0.5) is 10.1 Å². The third kappa shape index (κ3) is 4.98. The second-order valence-electron chi connectivity index (χ2n) is 6.72. The molecule has 2 aromatic rings. The summed E-state index contributed by atoms with van der Waals surface area (Å²) in [5.41, 5.74) is 2.20. The van der Waals surface area contributed by atoms with Gasteiger partial charge in [-0.2, -0.15) is 0 Å². The van der Waals surface area contributed by atoms with Crippen molar-refractivity contribution in [3.8, 4) is 5.75 Å². The summed E-state index contributed by atoms with van der Waals surface area (Å²) in [6.45, 7) is 2.12. The van der Waals surface area contributed by atoms with E-state index in [2.05, 4.69) is 5.32 Å². The number of benzene rings is 2. The normalized spacial score (nSPS) is 16.2. The minimum absolute atomic E-state index is 0.0489. The standard InChI is InChI=1S/C22H22ClFN2O4S/c1-13-19(21(27)30-10-9-28-2)20(14-5-4-6-16(11-14)29-3)25-22(31)26(13)15-7-8-18(24)17(23)12-15/h4-8,11-12,20H,9-10H2,1-3H3,(H,25,31). The molecule has 0 radical (unpaired) electrons. The molecular formula is C22H22ClFN2O4S. The second kappa shape index (κ2) is 10.1. The number of nitrogens with zero attached hydrogens (tertiary/aromatic N) is 1. The maximum absolute atomic E-state index is 13.7. The number of hydrogen-bond acceptors (Lipinski definition) is 5. The third-order valence-corrected chi connectivity index (χ3v) is 5.40. The van der Waals surface area contributed by atoms with Gasteiger partial charge in [0.2, 0.25) is 0 Å². The number of carbonyl (C=O) groups is 1. The zero-order valence-corrected chi connectivity index (χ0v) is 18.8. The molecule has 1 heterocycles. The number of nitrogens with one attached hydrogen (secondary N) is 1. The number of anilines is 1. The lowest BCUT2D eigenvalue weighted by atomic mass is 9.94. The van der Waals surface area contributed by atoms with Crippen LogP contribution >= 0.6 is 23.8 Å². The predicted molar refractivity (Wildman–Crippen MR) is 121 cm³/mol. The van der Waals surface area contributed by atoms with Gasteiger partial charge in [-0.15, -0.1) is 0 Å². The SMILES string of the molecule is COCCOC(=O)C1=C(C)N(c2ccc(F)c(Cl)c2)C(=S)NC1c1cccc(OC)c1. The third-order valence-electron chi connectivity index (χ3n) is 4.81. The number of hydrogen-bond donors (Lipinski definition) is 1. The molecular weight excluding hydrogens is 443 g/mol. The Morgan fingerprint density at radius 2 is 2.00 bits per heavy atom. The first-order valence-corrected chi connectivity index (χ1v) is 10.2. The summed E-state index contributed by atoms with van der Waals surface area (Å²) in [5, 5.41) is 3.48. The van der Waals surface area contributed by atoms with Crippen molar-refractivity contribution >= 4 is 40.6 Å². The topological polar surface area (TPSA) is 60.0 Å². The first-order valence-electron chi connectivity index (χ1n) is 9.43. The lowest BCUT2D eigenvalue weighted by Crippen LogP contribution is -2.48. The number of ether oxygens (including phenoxy) is 3. The van der Waals surface area contributed by atoms with Gasteiger partial charge in [-0.05, 0) is 55.0 Å². The Kier molecular flexibility index (Phi) is 7.48. The Labute approximate surface area is 190 Å². The van der Waals surface area contributed by atoms with Crippen LogP contribution in [0.25, 0.3) is 0 Å². The van der Waals surface area contributed by atoms with Crippen molar-refractivity contribution in [2.45, 2.75) is 13.0 Å². The number of esters is 1. The maximum Gasteiger partial charge on any atom is 0.338 e. The van der Waals surface area contributed by atoms with Crippen LogP contribution in [0.2, 0.25) is 5.02 Å². The molecule has 0 amide bonds. The van der Waals surface area contributed by atoms with Crippen molar-refractivity contribution in [2.24, 2.45) is 0 Å². The Hall–Kier alpha value is -2.68. The van der Waals surface area contributed by atoms with Gasteiger partial charge in [0.05, 0.1) is 30.4 Å². The van der Waals surface area contributed by atoms with E-state index in [1.807, 2.05) is 24.3 Å². The molecule has 0 saturated heterocycles. The van der Waals surface area contributed by atoms with Crippen molar-refractivity contribution in [1.29, 1.82) is 0 Å². The lowest BCUT2D eigenvalue weighted by molar-refractivity contribution is -0.140. The molecule has 0 fully saturated rings. The van der Waals surface area contributed by atoms with E-state index in [0.29, 0.717) is 27.8 Å². The fraction of sp³-hybridized carbons (Fsp3) is 0.273. The number of methoxy groups -OCH3 is 2.